The average molecular weight is 307 g/mol. The maximum Gasteiger partial charge on any atom is 0.225 e. The number of rotatable bonds is 3. The molecule has 2 rings (SSSR count). The molecular weight excluding hydrogens is 284 g/mol. The third kappa shape index (κ3) is 4.87. The van der Waals surface area contributed by atoms with Crippen molar-refractivity contribution in [1.29, 1.82) is 0 Å². The van der Waals surface area contributed by atoms with Crippen LogP contribution in [0.4, 0.5) is 5.95 Å². The first-order chi connectivity index (χ1) is 10.1. The summed E-state index contributed by atoms with van der Waals surface area (Å²) in [4.78, 5) is 12.8. The molecule has 1 aromatic rings. The van der Waals surface area contributed by atoms with Crippen LogP contribution in [-0.2, 0) is 0 Å². The number of anilines is 1. The highest BCUT2D eigenvalue weighted by Crippen LogP contribution is 2.28. The van der Waals surface area contributed by atoms with Crippen molar-refractivity contribution in [2.24, 2.45) is 5.92 Å². The molecule has 1 fully saturated rings. The summed E-state index contributed by atoms with van der Waals surface area (Å²) in [5, 5.41) is 0.576. The van der Waals surface area contributed by atoms with Gasteiger partial charge in [-0.15, -0.1) is 0 Å². The Kier molecular flexibility index (Phi) is 5.84. The van der Waals surface area contributed by atoms with Crippen LogP contribution in [0.1, 0.15) is 25.7 Å². The fraction of sp³-hybridized carbons (Fsp3) is 0.625. The molecule has 0 amide bonds. The summed E-state index contributed by atoms with van der Waals surface area (Å²) in [5.41, 5.74) is 0. The molecular formula is C16H23ClN4. The van der Waals surface area contributed by atoms with Gasteiger partial charge in [0.1, 0.15) is 0 Å². The van der Waals surface area contributed by atoms with Crippen LogP contribution in [0.3, 0.4) is 0 Å². The molecule has 1 aliphatic rings. The molecule has 0 saturated heterocycles. The molecule has 0 aliphatic heterocycles. The summed E-state index contributed by atoms with van der Waals surface area (Å²) in [6.07, 6.45) is 7.90. The van der Waals surface area contributed by atoms with E-state index in [0.29, 0.717) is 17.0 Å². The molecule has 114 valence electrons. The first-order valence-electron chi connectivity index (χ1n) is 7.39. The summed E-state index contributed by atoms with van der Waals surface area (Å²) in [5.74, 6) is 7.95. The fourth-order valence-corrected chi connectivity index (χ4v) is 2.70. The van der Waals surface area contributed by atoms with Crippen LogP contribution in [0.15, 0.2) is 12.4 Å². The van der Waals surface area contributed by atoms with Crippen LogP contribution in [0.25, 0.3) is 0 Å². The van der Waals surface area contributed by atoms with Gasteiger partial charge in [-0.1, -0.05) is 23.4 Å². The second-order valence-corrected chi connectivity index (χ2v) is 6.31. The van der Waals surface area contributed by atoms with Crippen LogP contribution in [0, 0.1) is 17.8 Å². The molecule has 1 aliphatic carbocycles. The molecule has 21 heavy (non-hydrogen) atoms. The fourth-order valence-electron chi connectivity index (χ4n) is 2.61. The maximum atomic E-state index is 5.83. The predicted molar refractivity (Wildman–Crippen MR) is 87.5 cm³/mol. The topological polar surface area (TPSA) is 32.3 Å². The average Bonchev–Trinajstić information content (AvgIpc) is 2.48. The highest BCUT2D eigenvalue weighted by Gasteiger charge is 2.24. The number of hydrogen-bond acceptors (Lipinski definition) is 4. The van der Waals surface area contributed by atoms with Crippen molar-refractivity contribution in [2.45, 2.75) is 31.7 Å². The quantitative estimate of drug-likeness (QED) is 0.804. The van der Waals surface area contributed by atoms with E-state index < -0.39 is 0 Å². The van der Waals surface area contributed by atoms with Gasteiger partial charge in [0.2, 0.25) is 5.95 Å². The van der Waals surface area contributed by atoms with E-state index in [0.717, 1.165) is 38.2 Å². The zero-order chi connectivity index (χ0) is 15.2. The van der Waals surface area contributed by atoms with Crippen LogP contribution in [-0.4, -0.2) is 48.6 Å². The van der Waals surface area contributed by atoms with E-state index in [2.05, 4.69) is 38.7 Å². The first-order valence-corrected chi connectivity index (χ1v) is 7.77. The lowest BCUT2D eigenvalue weighted by atomic mass is 9.86. The number of halogens is 1. The van der Waals surface area contributed by atoms with Crippen LogP contribution in [0.2, 0.25) is 5.02 Å². The van der Waals surface area contributed by atoms with Gasteiger partial charge in [-0.05, 0) is 39.8 Å². The molecule has 1 heterocycles. The van der Waals surface area contributed by atoms with Crippen LogP contribution < -0.4 is 4.90 Å². The number of hydrogen-bond donors (Lipinski definition) is 0. The van der Waals surface area contributed by atoms with Crippen molar-refractivity contribution < 1.29 is 0 Å². The van der Waals surface area contributed by atoms with Crippen LogP contribution in [0.5, 0.6) is 0 Å². The minimum atomic E-state index is 0.498. The lowest BCUT2D eigenvalue weighted by Gasteiger charge is -2.33. The smallest absolute Gasteiger partial charge is 0.225 e. The van der Waals surface area contributed by atoms with E-state index in [9.17, 15) is 0 Å². The summed E-state index contributed by atoms with van der Waals surface area (Å²) in [6.45, 7) is 0.846. The Morgan fingerprint density at radius 2 is 1.76 bits per heavy atom. The molecule has 0 aromatic carbocycles. The SMILES string of the molecule is CN(C)CC#CC1CCC(N(C)c2ncc(Cl)cn2)CC1. The molecule has 4 nitrogen and oxygen atoms in total. The molecule has 0 bridgehead atoms. The van der Waals surface area contributed by atoms with Gasteiger partial charge in [0.05, 0.1) is 24.0 Å². The Morgan fingerprint density at radius 1 is 1.14 bits per heavy atom. The van der Waals surface area contributed by atoms with E-state index in [1.807, 2.05) is 14.1 Å². The standard InChI is InChI=1S/C16H23ClN4/c1-20(2)10-4-5-13-6-8-15(9-7-13)21(3)16-18-11-14(17)12-19-16/h11-13,15H,6-10H2,1-3H3. The molecule has 5 heteroatoms. The number of aromatic nitrogens is 2. The molecule has 0 unspecified atom stereocenters. The Labute approximate surface area is 132 Å². The zero-order valence-corrected chi connectivity index (χ0v) is 13.8. The van der Waals surface area contributed by atoms with Gasteiger partial charge in [-0.2, -0.15) is 0 Å². The van der Waals surface area contributed by atoms with Crippen molar-refractivity contribution in [3.63, 3.8) is 0 Å². The van der Waals surface area contributed by atoms with E-state index >= 15 is 0 Å². The minimum Gasteiger partial charge on any atom is -0.341 e. The molecule has 1 aromatic heterocycles. The third-order valence-electron chi connectivity index (χ3n) is 3.87. The minimum absolute atomic E-state index is 0.498. The third-order valence-corrected chi connectivity index (χ3v) is 4.06. The van der Waals surface area contributed by atoms with E-state index in [1.54, 1.807) is 12.4 Å². The normalized spacial score (nSPS) is 21.8. The van der Waals surface area contributed by atoms with E-state index in [-0.39, 0.29) is 0 Å². The summed E-state index contributed by atoms with van der Waals surface area (Å²) >= 11 is 5.83. The van der Waals surface area contributed by atoms with Crippen molar-refractivity contribution in [2.75, 3.05) is 32.6 Å². The maximum absolute atomic E-state index is 5.83. The Bertz CT molecular complexity index is 495. The van der Waals surface area contributed by atoms with Gasteiger partial charge in [0.15, 0.2) is 0 Å². The zero-order valence-electron chi connectivity index (χ0n) is 13.0. The van der Waals surface area contributed by atoms with Crippen LogP contribution >= 0.6 is 11.6 Å². The first kappa shape index (κ1) is 16.1. The van der Waals surface area contributed by atoms with E-state index in [1.165, 1.54) is 0 Å². The van der Waals surface area contributed by atoms with Gasteiger partial charge in [0, 0.05) is 19.0 Å². The van der Waals surface area contributed by atoms with Crippen molar-refractivity contribution >= 4 is 17.5 Å². The van der Waals surface area contributed by atoms with Crippen molar-refractivity contribution in [3.05, 3.63) is 17.4 Å². The van der Waals surface area contributed by atoms with Gasteiger partial charge < -0.3 is 4.90 Å². The largest absolute Gasteiger partial charge is 0.341 e. The van der Waals surface area contributed by atoms with Gasteiger partial charge >= 0.3 is 0 Å². The van der Waals surface area contributed by atoms with Gasteiger partial charge in [0.25, 0.3) is 0 Å². The molecule has 0 N–H and O–H groups in total. The Hall–Kier alpha value is -1.31. The Balaban J connectivity index is 1.85. The molecule has 1 saturated carbocycles. The number of nitrogens with zero attached hydrogens (tertiary/aromatic N) is 4. The lowest BCUT2D eigenvalue weighted by Crippen LogP contribution is -2.36. The van der Waals surface area contributed by atoms with Gasteiger partial charge in [-0.25, -0.2) is 9.97 Å². The molecule has 0 atom stereocenters. The van der Waals surface area contributed by atoms with Crippen molar-refractivity contribution in [3.8, 4) is 11.8 Å². The Morgan fingerprint density at radius 3 is 2.33 bits per heavy atom. The highest BCUT2D eigenvalue weighted by atomic mass is 35.5. The van der Waals surface area contributed by atoms with Crippen molar-refractivity contribution in [1.82, 2.24) is 14.9 Å². The van der Waals surface area contributed by atoms with E-state index in [4.69, 9.17) is 11.6 Å². The van der Waals surface area contributed by atoms with Gasteiger partial charge in [-0.3, -0.25) is 4.90 Å². The molecule has 0 radical (unpaired) electrons. The monoisotopic (exact) mass is 306 g/mol. The highest BCUT2D eigenvalue weighted by molar-refractivity contribution is 6.30. The second kappa shape index (κ2) is 7.63. The predicted octanol–water partition coefficient (Wildman–Crippen LogP) is 2.69. The summed E-state index contributed by atoms with van der Waals surface area (Å²) in [6, 6.07) is 0.498. The molecule has 0 spiro atoms. The second-order valence-electron chi connectivity index (χ2n) is 5.88. The summed E-state index contributed by atoms with van der Waals surface area (Å²) < 4.78 is 0. The lowest BCUT2D eigenvalue weighted by molar-refractivity contribution is 0.371. The summed E-state index contributed by atoms with van der Waals surface area (Å²) in [7, 11) is 6.16.